The lowest BCUT2D eigenvalue weighted by molar-refractivity contribution is -0.126. The standard InChI is InChI=1S/C33H38ClFN6O2/c34-26-8-1-6-24-7-2-9-28(30(24)26)40-17-11-25-27(22-40)36-32(43-23-33-12-4-15-41(33)16-5-13-33)37-31(25)39-20-18-38(19-21-39)29(42)10-3-14-35/h1-3,6-10H,4-5,11-23H2/b10-3+. The van der Waals surface area contributed by atoms with Gasteiger partial charge in [-0.25, -0.2) is 4.39 Å². The summed E-state index contributed by atoms with van der Waals surface area (Å²) in [7, 11) is 0. The summed E-state index contributed by atoms with van der Waals surface area (Å²) in [6.45, 7) is 6.13. The van der Waals surface area contributed by atoms with Crippen molar-refractivity contribution < 1.29 is 13.9 Å². The minimum absolute atomic E-state index is 0.101. The minimum Gasteiger partial charge on any atom is -0.461 e. The number of benzene rings is 2. The van der Waals surface area contributed by atoms with Crippen LogP contribution in [0.3, 0.4) is 0 Å². The first-order chi connectivity index (χ1) is 21.0. The number of hydrogen-bond donors (Lipinski definition) is 0. The van der Waals surface area contributed by atoms with Gasteiger partial charge in [0.2, 0.25) is 5.91 Å². The van der Waals surface area contributed by atoms with Crippen LogP contribution in [0.5, 0.6) is 6.01 Å². The molecule has 5 heterocycles. The van der Waals surface area contributed by atoms with Gasteiger partial charge in [-0.2, -0.15) is 9.97 Å². The number of amides is 1. The van der Waals surface area contributed by atoms with Crippen molar-refractivity contribution in [3.8, 4) is 6.01 Å². The molecule has 3 fully saturated rings. The SMILES string of the molecule is O=C(/C=C/CF)N1CCN(c2nc(OCC34CCCN3CCC4)nc3c2CCN(c2cccc4cccc(Cl)c24)C3)CC1. The van der Waals surface area contributed by atoms with Gasteiger partial charge in [0.1, 0.15) is 19.1 Å². The maximum absolute atomic E-state index is 12.6. The lowest BCUT2D eigenvalue weighted by Gasteiger charge is -2.38. The maximum atomic E-state index is 12.6. The number of rotatable bonds is 7. The second kappa shape index (κ2) is 11.9. The highest BCUT2D eigenvalue weighted by Crippen LogP contribution is 2.40. The summed E-state index contributed by atoms with van der Waals surface area (Å²) >= 11 is 6.71. The van der Waals surface area contributed by atoms with Crippen LogP contribution in [0.2, 0.25) is 5.02 Å². The lowest BCUT2D eigenvalue weighted by atomic mass is 9.95. The molecular formula is C33H38ClFN6O2. The minimum atomic E-state index is -0.636. The quantitative estimate of drug-likeness (QED) is 0.351. The Bertz CT molecular complexity index is 1530. The van der Waals surface area contributed by atoms with E-state index in [1.54, 1.807) is 4.90 Å². The highest BCUT2D eigenvalue weighted by Gasteiger charge is 2.45. The predicted molar refractivity (Wildman–Crippen MR) is 168 cm³/mol. The number of allylic oxidation sites excluding steroid dienone is 1. The van der Waals surface area contributed by atoms with Crippen LogP contribution in [-0.2, 0) is 17.8 Å². The van der Waals surface area contributed by atoms with Crippen LogP contribution in [0, 0.1) is 0 Å². The smallest absolute Gasteiger partial charge is 0.318 e. The Balaban J connectivity index is 1.18. The van der Waals surface area contributed by atoms with Gasteiger partial charge in [-0.1, -0.05) is 35.9 Å². The Morgan fingerprint density at radius 2 is 1.74 bits per heavy atom. The van der Waals surface area contributed by atoms with Gasteiger partial charge in [-0.3, -0.25) is 9.69 Å². The van der Waals surface area contributed by atoms with Crippen molar-refractivity contribution in [1.29, 1.82) is 0 Å². The molecule has 4 aliphatic rings. The number of ether oxygens (including phenoxy) is 1. The fourth-order valence-corrected chi connectivity index (χ4v) is 7.79. The van der Waals surface area contributed by atoms with E-state index in [1.165, 1.54) is 25.0 Å². The number of carbonyl (C=O) groups is 1. The predicted octanol–water partition coefficient (Wildman–Crippen LogP) is 5.03. The molecule has 4 aliphatic heterocycles. The number of aromatic nitrogens is 2. The van der Waals surface area contributed by atoms with Crippen molar-refractivity contribution in [1.82, 2.24) is 19.8 Å². The van der Waals surface area contributed by atoms with Gasteiger partial charge in [0.05, 0.1) is 22.8 Å². The summed E-state index contributed by atoms with van der Waals surface area (Å²) in [6.07, 6.45) is 8.14. The monoisotopic (exact) mass is 604 g/mol. The van der Waals surface area contributed by atoms with Gasteiger partial charge in [0, 0.05) is 55.4 Å². The van der Waals surface area contributed by atoms with Gasteiger partial charge < -0.3 is 19.4 Å². The van der Waals surface area contributed by atoms with Crippen molar-refractivity contribution in [2.24, 2.45) is 0 Å². The number of carbonyl (C=O) groups excluding carboxylic acids is 1. The van der Waals surface area contributed by atoms with Crippen LogP contribution in [-0.4, -0.2) is 90.3 Å². The normalized spacial score (nSPS) is 20.2. The highest BCUT2D eigenvalue weighted by atomic mass is 35.5. The lowest BCUT2D eigenvalue weighted by Crippen LogP contribution is -2.49. The van der Waals surface area contributed by atoms with Gasteiger partial charge in [0.15, 0.2) is 0 Å². The fraction of sp³-hybridized carbons (Fsp3) is 0.485. The largest absolute Gasteiger partial charge is 0.461 e. The second-order valence-electron chi connectivity index (χ2n) is 12.1. The number of nitrogens with zero attached hydrogens (tertiary/aromatic N) is 6. The van der Waals surface area contributed by atoms with E-state index < -0.39 is 6.67 Å². The maximum Gasteiger partial charge on any atom is 0.318 e. The first kappa shape index (κ1) is 28.3. The van der Waals surface area contributed by atoms with E-state index in [2.05, 4.69) is 39.0 Å². The Morgan fingerprint density at radius 1 is 0.977 bits per heavy atom. The molecule has 3 saturated heterocycles. The molecule has 10 heteroatoms. The van der Waals surface area contributed by atoms with E-state index in [1.807, 2.05) is 12.1 Å². The molecule has 0 spiro atoms. The summed E-state index contributed by atoms with van der Waals surface area (Å²) in [6, 6.07) is 12.8. The Hall–Kier alpha value is -3.43. The van der Waals surface area contributed by atoms with Crippen LogP contribution >= 0.6 is 11.6 Å². The molecule has 3 aromatic rings. The number of halogens is 2. The number of anilines is 2. The molecule has 226 valence electrons. The molecule has 1 aromatic heterocycles. The topological polar surface area (TPSA) is 65.0 Å². The van der Waals surface area contributed by atoms with E-state index in [4.69, 9.17) is 26.3 Å². The highest BCUT2D eigenvalue weighted by molar-refractivity contribution is 6.36. The summed E-state index contributed by atoms with van der Waals surface area (Å²) in [5.41, 5.74) is 3.33. The summed E-state index contributed by atoms with van der Waals surface area (Å²) < 4.78 is 19.1. The molecule has 0 atom stereocenters. The van der Waals surface area contributed by atoms with E-state index in [-0.39, 0.29) is 11.4 Å². The van der Waals surface area contributed by atoms with Crippen molar-refractivity contribution in [3.63, 3.8) is 0 Å². The molecule has 0 unspecified atom stereocenters. The van der Waals surface area contributed by atoms with Crippen LogP contribution < -0.4 is 14.5 Å². The zero-order valence-corrected chi connectivity index (χ0v) is 25.2. The van der Waals surface area contributed by atoms with Crippen LogP contribution in [0.25, 0.3) is 10.8 Å². The Labute approximate surface area is 257 Å². The number of hydrogen-bond acceptors (Lipinski definition) is 7. The molecule has 8 nitrogen and oxygen atoms in total. The van der Waals surface area contributed by atoms with E-state index >= 15 is 0 Å². The number of piperazine rings is 1. The number of fused-ring (bicyclic) bond motifs is 3. The molecule has 1 amide bonds. The molecule has 7 rings (SSSR count). The fourth-order valence-electron chi connectivity index (χ4n) is 7.51. The van der Waals surface area contributed by atoms with Gasteiger partial charge in [-0.15, -0.1) is 0 Å². The first-order valence-corrected chi connectivity index (χ1v) is 15.9. The Kier molecular flexibility index (Phi) is 7.86. The van der Waals surface area contributed by atoms with Gasteiger partial charge >= 0.3 is 6.01 Å². The van der Waals surface area contributed by atoms with E-state index in [9.17, 15) is 9.18 Å². The summed E-state index contributed by atoms with van der Waals surface area (Å²) in [4.78, 5) is 31.5. The molecule has 43 heavy (non-hydrogen) atoms. The summed E-state index contributed by atoms with van der Waals surface area (Å²) in [5, 5.41) is 2.93. The average Bonchev–Trinajstić information content (AvgIpc) is 3.63. The molecular weight excluding hydrogens is 567 g/mol. The van der Waals surface area contributed by atoms with Gasteiger partial charge in [-0.05, 0) is 68.8 Å². The zero-order valence-electron chi connectivity index (χ0n) is 24.5. The second-order valence-corrected chi connectivity index (χ2v) is 12.5. The number of alkyl halides is 1. The van der Waals surface area contributed by atoms with Crippen molar-refractivity contribution in [2.75, 3.05) is 68.9 Å². The van der Waals surface area contributed by atoms with Crippen LogP contribution in [0.4, 0.5) is 15.9 Å². The third-order valence-electron chi connectivity index (χ3n) is 9.72. The third-order valence-corrected chi connectivity index (χ3v) is 10.0. The molecule has 0 N–H and O–H groups in total. The molecule has 0 bridgehead atoms. The van der Waals surface area contributed by atoms with Crippen LogP contribution in [0.1, 0.15) is 36.9 Å². The molecule has 0 aliphatic carbocycles. The van der Waals surface area contributed by atoms with Crippen molar-refractivity contribution in [3.05, 3.63) is 64.8 Å². The van der Waals surface area contributed by atoms with Gasteiger partial charge in [0.25, 0.3) is 0 Å². The Morgan fingerprint density at radius 3 is 2.51 bits per heavy atom. The average molecular weight is 605 g/mol. The molecule has 0 saturated carbocycles. The first-order valence-electron chi connectivity index (χ1n) is 15.5. The molecule has 0 radical (unpaired) electrons. The molecule has 2 aromatic carbocycles. The third kappa shape index (κ3) is 5.42. The van der Waals surface area contributed by atoms with E-state index in [0.717, 1.165) is 77.5 Å². The summed E-state index contributed by atoms with van der Waals surface area (Å²) in [5.74, 6) is 0.765. The van der Waals surface area contributed by atoms with Crippen LogP contribution in [0.15, 0.2) is 48.6 Å². The van der Waals surface area contributed by atoms with E-state index in [0.29, 0.717) is 45.3 Å². The van der Waals surface area contributed by atoms with Crippen molar-refractivity contribution >= 4 is 39.8 Å². The zero-order chi connectivity index (χ0) is 29.4. The van der Waals surface area contributed by atoms with Crippen molar-refractivity contribution in [2.45, 2.75) is 44.2 Å².